The fourth-order valence-corrected chi connectivity index (χ4v) is 2.87. The molecule has 0 aliphatic heterocycles. The molecule has 0 atom stereocenters. The summed E-state index contributed by atoms with van der Waals surface area (Å²) < 4.78 is 0. The number of ketones is 1. The molecule has 6 heteroatoms. The van der Waals surface area contributed by atoms with E-state index in [1.54, 1.807) is 18.6 Å². The zero-order valence-corrected chi connectivity index (χ0v) is 14.0. The number of aryl methyl sites for hydroxylation is 1. The van der Waals surface area contributed by atoms with E-state index >= 15 is 0 Å². The van der Waals surface area contributed by atoms with Crippen LogP contribution in [0.3, 0.4) is 0 Å². The molecule has 0 bridgehead atoms. The fraction of sp³-hybridized carbons (Fsp3) is 0.158. The van der Waals surface area contributed by atoms with Gasteiger partial charge in [0, 0.05) is 52.9 Å². The maximum absolute atomic E-state index is 12.5. The van der Waals surface area contributed by atoms with Crippen molar-refractivity contribution in [3.63, 3.8) is 0 Å². The molecule has 2 N–H and O–H groups in total. The van der Waals surface area contributed by atoms with Crippen LogP contribution >= 0.6 is 0 Å². The van der Waals surface area contributed by atoms with Crippen molar-refractivity contribution in [1.29, 1.82) is 0 Å². The molecule has 0 aliphatic carbocycles. The van der Waals surface area contributed by atoms with E-state index in [-0.39, 0.29) is 12.2 Å². The molecule has 0 unspecified atom stereocenters. The Morgan fingerprint density at radius 1 is 1.16 bits per heavy atom. The summed E-state index contributed by atoms with van der Waals surface area (Å²) >= 11 is 0. The third-order valence-corrected chi connectivity index (χ3v) is 4.40. The van der Waals surface area contributed by atoms with Crippen LogP contribution in [0.1, 0.15) is 27.3 Å². The maximum Gasteiger partial charge on any atom is 0.187 e. The van der Waals surface area contributed by atoms with Crippen molar-refractivity contribution in [2.24, 2.45) is 0 Å². The lowest BCUT2D eigenvalue weighted by molar-refractivity contribution is 0.0987. The minimum atomic E-state index is -0.00658. The molecule has 0 radical (unpaired) electrons. The van der Waals surface area contributed by atoms with E-state index in [1.165, 1.54) is 0 Å². The lowest BCUT2D eigenvalue weighted by Gasteiger charge is -2.00. The van der Waals surface area contributed by atoms with Crippen LogP contribution in [0.15, 0.2) is 42.9 Å². The molecular formula is C19H17N5O. The molecule has 4 aromatic rings. The molecular weight excluding hydrogens is 314 g/mol. The summed E-state index contributed by atoms with van der Waals surface area (Å²) in [5.74, 6) is -0.00658. The molecule has 0 fully saturated rings. The molecule has 0 amide bonds. The molecule has 4 aromatic heterocycles. The van der Waals surface area contributed by atoms with Crippen LogP contribution < -0.4 is 0 Å². The van der Waals surface area contributed by atoms with Crippen molar-refractivity contribution in [3.05, 3.63) is 65.4 Å². The first-order valence-electron chi connectivity index (χ1n) is 8.04. The van der Waals surface area contributed by atoms with E-state index in [0.717, 1.165) is 39.1 Å². The van der Waals surface area contributed by atoms with Crippen LogP contribution in [0, 0.1) is 13.8 Å². The number of carbonyl (C=O) groups excluding carboxylic acids is 1. The van der Waals surface area contributed by atoms with Crippen LogP contribution in [0.5, 0.6) is 0 Å². The highest BCUT2D eigenvalue weighted by Crippen LogP contribution is 2.23. The third kappa shape index (κ3) is 2.82. The first-order valence-corrected chi connectivity index (χ1v) is 8.04. The van der Waals surface area contributed by atoms with E-state index < -0.39 is 0 Å². The number of fused-ring (bicyclic) bond motifs is 1. The minimum absolute atomic E-state index is 0.00658. The van der Waals surface area contributed by atoms with Crippen LogP contribution in [-0.2, 0) is 6.42 Å². The zero-order valence-electron chi connectivity index (χ0n) is 14.0. The number of hydrogen-bond acceptors (Lipinski definition) is 4. The number of H-pyrrole nitrogens is 2. The Balaban J connectivity index is 1.63. The van der Waals surface area contributed by atoms with Crippen molar-refractivity contribution in [2.45, 2.75) is 20.3 Å². The number of nitrogens with one attached hydrogen (secondary N) is 2. The van der Waals surface area contributed by atoms with Gasteiger partial charge in [-0.1, -0.05) is 0 Å². The van der Waals surface area contributed by atoms with Gasteiger partial charge in [-0.2, -0.15) is 5.10 Å². The lowest BCUT2D eigenvalue weighted by atomic mass is 10.0. The average Bonchev–Trinajstić information content (AvgIpc) is 3.19. The van der Waals surface area contributed by atoms with Gasteiger partial charge in [0.25, 0.3) is 0 Å². The third-order valence-electron chi connectivity index (χ3n) is 4.40. The molecule has 0 aromatic carbocycles. The van der Waals surface area contributed by atoms with Crippen molar-refractivity contribution < 1.29 is 4.79 Å². The van der Waals surface area contributed by atoms with Gasteiger partial charge < -0.3 is 4.98 Å². The summed E-state index contributed by atoms with van der Waals surface area (Å²) in [6, 6.07) is 7.92. The highest BCUT2D eigenvalue weighted by molar-refractivity contribution is 5.97. The Kier molecular flexibility index (Phi) is 3.65. The quantitative estimate of drug-likeness (QED) is 0.561. The predicted molar refractivity (Wildman–Crippen MR) is 95.4 cm³/mol. The Morgan fingerprint density at radius 2 is 1.96 bits per heavy atom. The highest BCUT2D eigenvalue weighted by Gasteiger charge is 2.15. The number of hydrogen-bond donors (Lipinski definition) is 2. The van der Waals surface area contributed by atoms with Crippen molar-refractivity contribution in [3.8, 4) is 11.3 Å². The largest absolute Gasteiger partial charge is 0.339 e. The monoisotopic (exact) mass is 331 g/mol. The Labute approximate surface area is 144 Å². The van der Waals surface area contributed by atoms with Gasteiger partial charge in [0.05, 0.1) is 0 Å². The highest BCUT2D eigenvalue weighted by atomic mass is 16.1. The van der Waals surface area contributed by atoms with Gasteiger partial charge in [-0.3, -0.25) is 14.9 Å². The SMILES string of the molecule is Cc1[nH]nc(C(=O)Cc2cnc3[nH]c(-c4ccncc4)cc3c2)c1C. The number of rotatable bonds is 4. The molecule has 4 heterocycles. The number of carbonyl (C=O) groups is 1. The van der Waals surface area contributed by atoms with Crippen molar-refractivity contribution >= 4 is 16.8 Å². The van der Waals surface area contributed by atoms with Crippen LogP contribution in [0.4, 0.5) is 0 Å². The van der Waals surface area contributed by atoms with Gasteiger partial charge in [-0.15, -0.1) is 0 Å². The average molecular weight is 331 g/mol. The molecule has 25 heavy (non-hydrogen) atoms. The summed E-state index contributed by atoms with van der Waals surface area (Å²) in [4.78, 5) is 24.3. The van der Waals surface area contributed by atoms with Gasteiger partial charge in [0.1, 0.15) is 11.3 Å². The van der Waals surface area contributed by atoms with Gasteiger partial charge in [0.15, 0.2) is 5.78 Å². The van der Waals surface area contributed by atoms with E-state index in [4.69, 9.17) is 0 Å². The second-order valence-electron chi connectivity index (χ2n) is 6.12. The summed E-state index contributed by atoms with van der Waals surface area (Å²) in [6.07, 6.45) is 5.53. The van der Waals surface area contributed by atoms with Gasteiger partial charge in [0.2, 0.25) is 0 Å². The summed E-state index contributed by atoms with van der Waals surface area (Å²) in [7, 11) is 0. The van der Waals surface area contributed by atoms with Crippen molar-refractivity contribution in [1.82, 2.24) is 25.1 Å². The molecule has 0 saturated heterocycles. The van der Waals surface area contributed by atoms with Gasteiger partial charge in [-0.05, 0) is 43.7 Å². The standard InChI is InChI=1S/C19H17N5O/c1-11-12(2)23-24-18(11)17(25)8-13-7-15-9-16(22-19(15)21-10-13)14-3-5-20-6-4-14/h3-7,9-10H,8H2,1-2H3,(H,21,22)(H,23,24). The van der Waals surface area contributed by atoms with E-state index in [0.29, 0.717) is 5.69 Å². The fourth-order valence-electron chi connectivity index (χ4n) is 2.87. The van der Waals surface area contributed by atoms with E-state index in [2.05, 4.69) is 25.1 Å². The van der Waals surface area contributed by atoms with Gasteiger partial charge >= 0.3 is 0 Å². The molecule has 4 rings (SSSR count). The van der Waals surface area contributed by atoms with Crippen LogP contribution in [-0.4, -0.2) is 30.9 Å². The molecule has 6 nitrogen and oxygen atoms in total. The Bertz CT molecular complexity index is 1060. The Hall–Kier alpha value is -3.28. The number of aromatic amines is 2. The normalized spacial score (nSPS) is 11.1. The van der Waals surface area contributed by atoms with Crippen LogP contribution in [0.25, 0.3) is 22.3 Å². The summed E-state index contributed by atoms with van der Waals surface area (Å²) in [6.45, 7) is 3.81. The lowest BCUT2D eigenvalue weighted by Crippen LogP contribution is -2.06. The number of Topliss-reactive ketones (excluding diaryl/α,β-unsaturated/α-hetero) is 1. The molecule has 0 spiro atoms. The second kappa shape index (κ2) is 5.98. The van der Waals surface area contributed by atoms with Crippen LogP contribution in [0.2, 0.25) is 0 Å². The maximum atomic E-state index is 12.5. The number of pyridine rings is 2. The molecule has 0 aliphatic rings. The number of aromatic nitrogens is 5. The first kappa shape index (κ1) is 15.3. The predicted octanol–water partition coefficient (Wildman–Crippen LogP) is 3.39. The van der Waals surface area contributed by atoms with E-state index in [9.17, 15) is 4.79 Å². The smallest absolute Gasteiger partial charge is 0.187 e. The topological polar surface area (TPSA) is 87.3 Å². The zero-order chi connectivity index (χ0) is 17.4. The van der Waals surface area contributed by atoms with E-state index in [1.807, 2.05) is 38.1 Å². The summed E-state index contributed by atoms with van der Waals surface area (Å²) in [5.41, 5.74) is 6.03. The first-order chi connectivity index (χ1) is 12.1. The minimum Gasteiger partial charge on any atom is -0.339 e. The van der Waals surface area contributed by atoms with Gasteiger partial charge in [-0.25, -0.2) is 4.98 Å². The number of nitrogens with zero attached hydrogens (tertiary/aromatic N) is 3. The molecule has 0 saturated carbocycles. The van der Waals surface area contributed by atoms with Crippen molar-refractivity contribution in [2.75, 3.05) is 0 Å². The summed E-state index contributed by atoms with van der Waals surface area (Å²) in [5, 5.41) is 7.95. The Morgan fingerprint density at radius 3 is 2.68 bits per heavy atom. The second-order valence-corrected chi connectivity index (χ2v) is 6.12. The molecule has 124 valence electrons.